The smallest absolute Gasteiger partial charge is 0.0468 e. The van der Waals surface area contributed by atoms with E-state index < -0.39 is 0 Å². The maximum Gasteiger partial charge on any atom is 0.0468 e. The minimum atomic E-state index is 0.551. The van der Waals surface area contributed by atoms with Crippen molar-refractivity contribution in [3.05, 3.63) is 29.8 Å². The summed E-state index contributed by atoms with van der Waals surface area (Å²) in [6.45, 7) is 4.09. The molecule has 1 saturated heterocycles. The Bertz CT molecular complexity index is 318. The van der Waals surface area contributed by atoms with Crippen LogP contribution in [0.15, 0.2) is 24.3 Å². The van der Waals surface area contributed by atoms with Crippen LogP contribution in [-0.4, -0.2) is 13.2 Å². The molecular weight excluding hydrogens is 186 g/mol. The van der Waals surface area contributed by atoms with E-state index in [0.29, 0.717) is 5.92 Å². The van der Waals surface area contributed by atoms with E-state index in [0.717, 1.165) is 37.7 Å². The molecule has 1 aromatic rings. The van der Waals surface area contributed by atoms with Crippen molar-refractivity contribution in [1.29, 1.82) is 0 Å². The number of benzene rings is 1. The van der Waals surface area contributed by atoms with Crippen LogP contribution >= 0.6 is 0 Å². The Morgan fingerprint density at radius 1 is 1.27 bits per heavy atom. The van der Waals surface area contributed by atoms with Gasteiger partial charge in [-0.25, -0.2) is 0 Å². The van der Waals surface area contributed by atoms with Gasteiger partial charge in [-0.2, -0.15) is 0 Å². The molecule has 82 valence electrons. The molecule has 2 N–H and O–H groups in total. The maximum atomic E-state index is 6.00. The molecule has 0 spiro atoms. The second-order valence-electron chi connectivity index (χ2n) is 4.37. The fourth-order valence-electron chi connectivity index (χ4n) is 2.40. The molecule has 0 amide bonds. The predicted molar refractivity (Wildman–Crippen MR) is 62.8 cm³/mol. The zero-order valence-electron chi connectivity index (χ0n) is 9.28. The zero-order valence-corrected chi connectivity index (χ0v) is 9.28. The lowest BCUT2D eigenvalue weighted by Gasteiger charge is -2.28. The third kappa shape index (κ3) is 2.32. The van der Waals surface area contributed by atoms with Gasteiger partial charge in [0.05, 0.1) is 0 Å². The van der Waals surface area contributed by atoms with Gasteiger partial charge in [-0.3, -0.25) is 0 Å². The van der Waals surface area contributed by atoms with E-state index in [2.05, 4.69) is 19.1 Å². The van der Waals surface area contributed by atoms with Crippen LogP contribution in [-0.2, 0) is 4.74 Å². The number of nitrogen functional groups attached to an aromatic ring is 1. The molecule has 1 aliphatic heterocycles. The molecule has 0 saturated carbocycles. The molecule has 0 aliphatic carbocycles. The van der Waals surface area contributed by atoms with Gasteiger partial charge in [0.15, 0.2) is 0 Å². The number of nitrogens with two attached hydrogens (primary N) is 1. The summed E-state index contributed by atoms with van der Waals surface area (Å²) < 4.78 is 5.38. The number of hydrogen-bond donors (Lipinski definition) is 1. The number of rotatable bonds is 2. The van der Waals surface area contributed by atoms with Gasteiger partial charge in [0.2, 0.25) is 0 Å². The Labute approximate surface area is 91.4 Å². The van der Waals surface area contributed by atoms with Crippen molar-refractivity contribution in [1.82, 2.24) is 0 Å². The summed E-state index contributed by atoms with van der Waals surface area (Å²) in [5.74, 6) is 1.28. The molecular formula is C13H19NO. The molecule has 0 aromatic heterocycles. The Hall–Kier alpha value is -1.02. The van der Waals surface area contributed by atoms with Crippen molar-refractivity contribution < 1.29 is 4.74 Å². The van der Waals surface area contributed by atoms with E-state index in [1.165, 1.54) is 5.56 Å². The summed E-state index contributed by atoms with van der Waals surface area (Å²) in [5.41, 5.74) is 8.22. The summed E-state index contributed by atoms with van der Waals surface area (Å²) in [6, 6.07) is 8.21. The second-order valence-corrected chi connectivity index (χ2v) is 4.37. The van der Waals surface area contributed by atoms with Crippen LogP contribution in [0, 0.1) is 5.92 Å². The first-order chi connectivity index (χ1) is 7.29. The Kier molecular flexibility index (Phi) is 3.27. The average Bonchev–Trinajstić information content (AvgIpc) is 2.30. The monoisotopic (exact) mass is 205 g/mol. The first kappa shape index (κ1) is 10.5. The predicted octanol–water partition coefficient (Wildman–Crippen LogP) is 2.80. The van der Waals surface area contributed by atoms with Crippen molar-refractivity contribution in [2.45, 2.75) is 25.7 Å². The number of hydrogen-bond acceptors (Lipinski definition) is 2. The maximum absolute atomic E-state index is 6.00. The summed E-state index contributed by atoms with van der Waals surface area (Å²) in [5, 5.41) is 0. The number of para-hydroxylation sites is 1. The van der Waals surface area contributed by atoms with Crippen LogP contribution in [0.25, 0.3) is 0 Å². The lowest BCUT2D eigenvalue weighted by molar-refractivity contribution is 0.0597. The molecule has 15 heavy (non-hydrogen) atoms. The third-order valence-corrected chi connectivity index (χ3v) is 3.46. The molecule has 2 nitrogen and oxygen atoms in total. The van der Waals surface area contributed by atoms with Gasteiger partial charge in [-0.1, -0.05) is 25.1 Å². The van der Waals surface area contributed by atoms with Gasteiger partial charge in [-0.15, -0.1) is 0 Å². The highest BCUT2D eigenvalue weighted by Gasteiger charge is 2.22. The molecule has 1 aromatic carbocycles. The Morgan fingerprint density at radius 2 is 1.93 bits per heavy atom. The van der Waals surface area contributed by atoms with E-state index in [1.807, 2.05) is 12.1 Å². The molecule has 1 aliphatic rings. The minimum absolute atomic E-state index is 0.551. The van der Waals surface area contributed by atoms with Crippen LogP contribution in [0.1, 0.15) is 31.2 Å². The van der Waals surface area contributed by atoms with E-state index in [9.17, 15) is 0 Å². The minimum Gasteiger partial charge on any atom is -0.398 e. The summed E-state index contributed by atoms with van der Waals surface area (Å²) in [4.78, 5) is 0. The first-order valence-electron chi connectivity index (χ1n) is 5.71. The van der Waals surface area contributed by atoms with E-state index in [4.69, 9.17) is 10.5 Å². The highest BCUT2D eigenvalue weighted by atomic mass is 16.5. The quantitative estimate of drug-likeness (QED) is 0.753. The Balaban J connectivity index is 2.12. The van der Waals surface area contributed by atoms with Crippen LogP contribution < -0.4 is 5.73 Å². The van der Waals surface area contributed by atoms with Gasteiger partial charge >= 0.3 is 0 Å². The van der Waals surface area contributed by atoms with Crippen LogP contribution in [0.4, 0.5) is 5.69 Å². The molecule has 1 heterocycles. The lowest BCUT2D eigenvalue weighted by Crippen LogP contribution is -2.21. The van der Waals surface area contributed by atoms with Crippen LogP contribution in [0.5, 0.6) is 0 Å². The largest absolute Gasteiger partial charge is 0.398 e. The zero-order chi connectivity index (χ0) is 10.7. The molecule has 0 radical (unpaired) electrons. The van der Waals surface area contributed by atoms with Crippen LogP contribution in [0.2, 0.25) is 0 Å². The summed E-state index contributed by atoms with van der Waals surface area (Å²) >= 11 is 0. The van der Waals surface area contributed by atoms with E-state index >= 15 is 0 Å². The summed E-state index contributed by atoms with van der Waals surface area (Å²) in [6.07, 6.45) is 2.32. The second kappa shape index (κ2) is 4.67. The lowest BCUT2D eigenvalue weighted by atomic mass is 9.82. The van der Waals surface area contributed by atoms with Gasteiger partial charge in [0.1, 0.15) is 0 Å². The topological polar surface area (TPSA) is 35.2 Å². The normalized spacial score (nSPS) is 20.1. The van der Waals surface area contributed by atoms with Crippen LogP contribution in [0.3, 0.4) is 0 Å². The van der Waals surface area contributed by atoms with Gasteiger partial charge in [-0.05, 0) is 36.3 Å². The highest BCUT2D eigenvalue weighted by Crippen LogP contribution is 2.34. The molecule has 2 rings (SSSR count). The van der Waals surface area contributed by atoms with Crippen molar-refractivity contribution in [3.63, 3.8) is 0 Å². The summed E-state index contributed by atoms with van der Waals surface area (Å²) in [7, 11) is 0. The third-order valence-electron chi connectivity index (χ3n) is 3.46. The van der Waals surface area contributed by atoms with E-state index in [1.54, 1.807) is 0 Å². The molecule has 0 bridgehead atoms. The standard InChI is InChI=1S/C13H19NO/c1-10(11-6-8-15-9-7-11)12-4-2-3-5-13(12)14/h2-5,10-11H,6-9,14H2,1H3. The first-order valence-corrected chi connectivity index (χ1v) is 5.71. The van der Waals surface area contributed by atoms with Crippen molar-refractivity contribution in [3.8, 4) is 0 Å². The molecule has 2 heteroatoms. The van der Waals surface area contributed by atoms with Crippen molar-refractivity contribution in [2.24, 2.45) is 5.92 Å². The highest BCUT2D eigenvalue weighted by molar-refractivity contribution is 5.48. The van der Waals surface area contributed by atoms with E-state index in [-0.39, 0.29) is 0 Å². The SMILES string of the molecule is CC(c1ccccc1N)C1CCOCC1. The fourth-order valence-corrected chi connectivity index (χ4v) is 2.40. The van der Waals surface area contributed by atoms with Crippen molar-refractivity contribution >= 4 is 5.69 Å². The van der Waals surface area contributed by atoms with Gasteiger partial charge in [0, 0.05) is 18.9 Å². The molecule has 1 unspecified atom stereocenters. The average molecular weight is 205 g/mol. The fraction of sp³-hybridized carbons (Fsp3) is 0.538. The Morgan fingerprint density at radius 3 is 2.60 bits per heavy atom. The number of anilines is 1. The molecule has 1 atom stereocenters. The van der Waals surface area contributed by atoms with Gasteiger partial charge in [0.25, 0.3) is 0 Å². The van der Waals surface area contributed by atoms with Gasteiger partial charge < -0.3 is 10.5 Å². The molecule has 1 fully saturated rings. The number of ether oxygens (including phenoxy) is 1. The van der Waals surface area contributed by atoms with Crippen molar-refractivity contribution in [2.75, 3.05) is 18.9 Å².